The molecule has 0 aliphatic carbocycles. The molecule has 0 radical (unpaired) electrons. The van der Waals surface area contributed by atoms with E-state index >= 15 is 0 Å². The van der Waals surface area contributed by atoms with Gasteiger partial charge in [0, 0.05) is 11.6 Å². The Morgan fingerprint density at radius 2 is 1.74 bits per heavy atom. The number of hydrogen-bond donors (Lipinski definition) is 1. The van der Waals surface area contributed by atoms with Crippen molar-refractivity contribution in [2.24, 2.45) is 0 Å². The Bertz CT molecular complexity index is 426. The summed E-state index contributed by atoms with van der Waals surface area (Å²) in [6, 6.07) is 3.27. The third-order valence-corrected chi connectivity index (χ3v) is 4.33. The number of hydrogen-bond acceptors (Lipinski definition) is 2. The Hall–Kier alpha value is -1.00. The lowest BCUT2D eigenvalue weighted by Gasteiger charge is -2.42. The smallest absolute Gasteiger partial charge is 0.126 e. The van der Waals surface area contributed by atoms with Gasteiger partial charge in [0.1, 0.15) is 11.6 Å². The fourth-order valence-electron chi connectivity index (χ4n) is 2.91. The molecule has 1 heterocycles. The Labute approximate surface area is 113 Å². The molecular weight excluding hydrogens is 248 g/mol. The van der Waals surface area contributed by atoms with Gasteiger partial charge in [-0.3, -0.25) is 4.90 Å². The largest absolute Gasteiger partial charge is 0.386 e. The van der Waals surface area contributed by atoms with Gasteiger partial charge in [-0.2, -0.15) is 0 Å². The van der Waals surface area contributed by atoms with Crippen LogP contribution in [0.5, 0.6) is 0 Å². The molecule has 1 aliphatic heterocycles. The molecule has 0 spiro atoms. The van der Waals surface area contributed by atoms with E-state index in [9.17, 15) is 13.9 Å². The van der Waals surface area contributed by atoms with E-state index in [0.29, 0.717) is 5.56 Å². The topological polar surface area (TPSA) is 23.5 Å². The maximum atomic E-state index is 13.3. The standard InChI is InChI=1S/C15H21F2NO/c1-3-15(2,18-6-4-5-7-18)14(19)11-8-12(16)10-13(17)9-11/h8-10,14,19H,3-7H2,1-2H3. The van der Waals surface area contributed by atoms with Crippen LogP contribution in [0.25, 0.3) is 0 Å². The van der Waals surface area contributed by atoms with Crippen LogP contribution in [0.4, 0.5) is 8.78 Å². The number of halogens is 2. The van der Waals surface area contributed by atoms with Crippen LogP contribution >= 0.6 is 0 Å². The Morgan fingerprint density at radius 1 is 1.21 bits per heavy atom. The summed E-state index contributed by atoms with van der Waals surface area (Å²) in [5, 5.41) is 10.6. The Morgan fingerprint density at radius 3 is 2.21 bits per heavy atom. The van der Waals surface area contributed by atoms with Gasteiger partial charge < -0.3 is 5.11 Å². The van der Waals surface area contributed by atoms with Crippen molar-refractivity contribution in [1.29, 1.82) is 0 Å². The summed E-state index contributed by atoms with van der Waals surface area (Å²) in [5.41, 5.74) is -0.162. The number of rotatable bonds is 4. The number of nitrogens with zero attached hydrogens (tertiary/aromatic N) is 1. The predicted octanol–water partition coefficient (Wildman–Crippen LogP) is 3.26. The summed E-state index contributed by atoms with van der Waals surface area (Å²) in [6.45, 7) is 5.82. The van der Waals surface area contributed by atoms with Gasteiger partial charge in [-0.15, -0.1) is 0 Å². The second-order valence-electron chi connectivity index (χ2n) is 5.51. The van der Waals surface area contributed by atoms with Crippen molar-refractivity contribution in [3.8, 4) is 0 Å². The first-order chi connectivity index (χ1) is 8.97. The highest BCUT2D eigenvalue weighted by Gasteiger charge is 2.39. The lowest BCUT2D eigenvalue weighted by Crippen LogP contribution is -2.49. The Kier molecular flexibility index (Phi) is 4.21. The van der Waals surface area contributed by atoms with Gasteiger partial charge in [-0.1, -0.05) is 6.92 Å². The van der Waals surface area contributed by atoms with Gasteiger partial charge in [0.15, 0.2) is 0 Å². The third-order valence-electron chi connectivity index (χ3n) is 4.33. The molecule has 0 saturated carbocycles. The van der Waals surface area contributed by atoms with Crippen LogP contribution in [-0.2, 0) is 0 Å². The normalized spacial score (nSPS) is 21.3. The zero-order valence-electron chi connectivity index (χ0n) is 11.5. The van der Waals surface area contributed by atoms with Crippen LogP contribution in [0.3, 0.4) is 0 Å². The van der Waals surface area contributed by atoms with E-state index in [1.165, 1.54) is 12.1 Å². The molecule has 0 bridgehead atoms. The van der Waals surface area contributed by atoms with E-state index in [4.69, 9.17) is 0 Å². The fourth-order valence-corrected chi connectivity index (χ4v) is 2.91. The first-order valence-electron chi connectivity index (χ1n) is 6.86. The quantitative estimate of drug-likeness (QED) is 0.907. The molecule has 2 unspecified atom stereocenters. The Balaban J connectivity index is 2.31. The summed E-state index contributed by atoms with van der Waals surface area (Å²) >= 11 is 0. The number of aliphatic hydroxyl groups excluding tert-OH is 1. The van der Waals surface area contributed by atoms with Crippen LogP contribution in [0, 0.1) is 11.6 Å². The highest BCUT2D eigenvalue weighted by molar-refractivity contribution is 5.23. The molecule has 2 atom stereocenters. The maximum Gasteiger partial charge on any atom is 0.126 e. The van der Waals surface area contributed by atoms with Gasteiger partial charge in [0.25, 0.3) is 0 Å². The maximum absolute atomic E-state index is 13.3. The van der Waals surface area contributed by atoms with E-state index in [1.807, 2.05) is 13.8 Å². The van der Waals surface area contributed by atoms with Gasteiger partial charge in [-0.05, 0) is 57.0 Å². The van der Waals surface area contributed by atoms with Crippen molar-refractivity contribution >= 4 is 0 Å². The van der Waals surface area contributed by atoms with Crippen LogP contribution < -0.4 is 0 Å². The molecule has 0 amide bonds. The van der Waals surface area contributed by atoms with Crippen molar-refractivity contribution < 1.29 is 13.9 Å². The summed E-state index contributed by atoms with van der Waals surface area (Å²) in [5.74, 6) is -1.29. The highest BCUT2D eigenvalue weighted by Crippen LogP contribution is 2.36. The molecule has 0 aromatic heterocycles. The molecule has 1 aliphatic rings. The van der Waals surface area contributed by atoms with E-state index in [1.54, 1.807) is 0 Å². The van der Waals surface area contributed by atoms with Crippen molar-refractivity contribution in [2.75, 3.05) is 13.1 Å². The van der Waals surface area contributed by atoms with Crippen molar-refractivity contribution in [1.82, 2.24) is 4.90 Å². The minimum Gasteiger partial charge on any atom is -0.386 e. The monoisotopic (exact) mass is 269 g/mol. The van der Waals surface area contributed by atoms with Crippen molar-refractivity contribution in [3.05, 3.63) is 35.4 Å². The molecule has 106 valence electrons. The third kappa shape index (κ3) is 2.79. The zero-order valence-corrected chi connectivity index (χ0v) is 11.5. The SMILES string of the molecule is CCC(C)(C(O)c1cc(F)cc(F)c1)N1CCCC1. The van der Waals surface area contributed by atoms with Gasteiger partial charge >= 0.3 is 0 Å². The molecule has 4 heteroatoms. The molecule has 1 fully saturated rings. The molecule has 1 aromatic rings. The summed E-state index contributed by atoms with van der Waals surface area (Å²) < 4.78 is 26.6. The van der Waals surface area contributed by atoms with Crippen molar-refractivity contribution in [3.63, 3.8) is 0 Å². The lowest BCUT2D eigenvalue weighted by molar-refractivity contribution is -0.0143. The number of aliphatic hydroxyl groups is 1. The van der Waals surface area contributed by atoms with Gasteiger partial charge in [-0.25, -0.2) is 8.78 Å². The molecule has 2 rings (SSSR count). The first kappa shape index (κ1) is 14.4. The summed E-state index contributed by atoms with van der Waals surface area (Å²) in [7, 11) is 0. The lowest BCUT2D eigenvalue weighted by atomic mass is 9.85. The second kappa shape index (κ2) is 5.55. The van der Waals surface area contributed by atoms with E-state index in [2.05, 4.69) is 4.90 Å². The highest BCUT2D eigenvalue weighted by atomic mass is 19.1. The van der Waals surface area contributed by atoms with Gasteiger partial charge in [0.2, 0.25) is 0 Å². The van der Waals surface area contributed by atoms with Crippen LogP contribution in [0.2, 0.25) is 0 Å². The molecular formula is C15H21F2NO. The minimum atomic E-state index is -0.888. The minimum absolute atomic E-state index is 0.314. The fraction of sp³-hybridized carbons (Fsp3) is 0.600. The molecule has 1 aromatic carbocycles. The average molecular weight is 269 g/mol. The number of benzene rings is 1. The van der Waals surface area contributed by atoms with Crippen molar-refractivity contribution in [2.45, 2.75) is 44.8 Å². The zero-order chi connectivity index (χ0) is 14.0. The van der Waals surface area contributed by atoms with Gasteiger partial charge in [0.05, 0.1) is 6.10 Å². The van der Waals surface area contributed by atoms with E-state index in [-0.39, 0.29) is 0 Å². The van der Waals surface area contributed by atoms with Crippen LogP contribution in [0.1, 0.15) is 44.8 Å². The summed E-state index contributed by atoms with van der Waals surface area (Å²) in [6.07, 6.45) is 2.06. The molecule has 1 saturated heterocycles. The first-order valence-corrected chi connectivity index (χ1v) is 6.86. The molecule has 2 nitrogen and oxygen atoms in total. The number of likely N-dealkylation sites (tertiary alicyclic amines) is 1. The van der Waals surface area contributed by atoms with E-state index in [0.717, 1.165) is 38.4 Å². The molecule has 19 heavy (non-hydrogen) atoms. The second-order valence-corrected chi connectivity index (χ2v) is 5.51. The van der Waals surface area contributed by atoms with Crippen LogP contribution in [0.15, 0.2) is 18.2 Å². The summed E-state index contributed by atoms with van der Waals surface area (Å²) in [4.78, 5) is 2.22. The average Bonchev–Trinajstić information content (AvgIpc) is 2.90. The predicted molar refractivity (Wildman–Crippen MR) is 70.8 cm³/mol. The van der Waals surface area contributed by atoms with E-state index < -0.39 is 23.3 Å². The molecule has 1 N–H and O–H groups in total. The van der Waals surface area contributed by atoms with Crippen LogP contribution in [-0.4, -0.2) is 28.6 Å².